The number of furan rings is 1. The Labute approximate surface area is 298 Å². The molecular formula is C47H28N4O. The molecule has 0 spiro atoms. The van der Waals surface area contributed by atoms with Crippen molar-refractivity contribution in [2.24, 2.45) is 0 Å². The molecule has 0 aliphatic rings. The average molecular weight is 665 g/mol. The molecule has 11 rings (SSSR count). The van der Waals surface area contributed by atoms with E-state index in [1.54, 1.807) is 0 Å². The highest BCUT2D eigenvalue weighted by Crippen LogP contribution is 2.42. The third-order valence-corrected chi connectivity index (χ3v) is 10.2. The predicted molar refractivity (Wildman–Crippen MR) is 213 cm³/mol. The zero-order valence-electron chi connectivity index (χ0n) is 27.9. The van der Waals surface area contributed by atoms with Gasteiger partial charge in [0, 0.05) is 49.7 Å². The van der Waals surface area contributed by atoms with Crippen LogP contribution in [0.3, 0.4) is 0 Å². The van der Waals surface area contributed by atoms with Crippen LogP contribution in [-0.2, 0) is 0 Å². The molecule has 0 saturated carbocycles. The second-order valence-electron chi connectivity index (χ2n) is 13.2. The van der Waals surface area contributed by atoms with Crippen LogP contribution in [0.1, 0.15) is 0 Å². The van der Waals surface area contributed by atoms with Crippen LogP contribution in [0, 0.1) is 0 Å². The van der Waals surface area contributed by atoms with E-state index in [-0.39, 0.29) is 0 Å². The highest BCUT2D eigenvalue weighted by molar-refractivity contribution is 6.22. The van der Waals surface area contributed by atoms with Gasteiger partial charge in [-0.15, -0.1) is 0 Å². The molecular weight excluding hydrogens is 637 g/mol. The number of hydrogen-bond acceptors (Lipinski definition) is 4. The van der Waals surface area contributed by atoms with E-state index < -0.39 is 0 Å². The van der Waals surface area contributed by atoms with Gasteiger partial charge in [-0.3, -0.25) is 0 Å². The summed E-state index contributed by atoms with van der Waals surface area (Å²) in [6.45, 7) is 0. The molecule has 0 bridgehead atoms. The summed E-state index contributed by atoms with van der Waals surface area (Å²) in [4.78, 5) is 14.8. The lowest BCUT2D eigenvalue weighted by Gasteiger charge is -2.13. The maximum atomic E-state index is 6.80. The van der Waals surface area contributed by atoms with Crippen LogP contribution in [0.4, 0.5) is 0 Å². The summed E-state index contributed by atoms with van der Waals surface area (Å²) in [6.07, 6.45) is 0. The van der Waals surface area contributed by atoms with Crippen LogP contribution >= 0.6 is 0 Å². The predicted octanol–water partition coefficient (Wildman–Crippen LogP) is 12.2. The number of nitrogens with zero attached hydrogens (tertiary/aromatic N) is 4. The van der Waals surface area contributed by atoms with E-state index in [9.17, 15) is 0 Å². The first-order valence-electron chi connectivity index (χ1n) is 17.4. The fourth-order valence-electron chi connectivity index (χ4n) is 7.80. The van der Waals surface area contributed by atoms with Gasteiger partial charge in [-0.1, -0.05) is 133 Å². The molecule has 11 aromatic rings. The molecule has 0 saturated heterocycles. The summed E-state index contributed by atoms with van der Waals surface area (Å²) in [5.41, 5.74) is 7.76. The minimum absolute atomic E-state index is 0.595. The van der Waals surface area contributed by atoms with Crippen LogP contribution < -0.4 is 0 Å². The third kappa shape index (κ3) is 4.39. The monoisotopic (exact) mass is 664 g/mol. The standard InChI is InChI=1S/C47H28N4O/c1-3-13-29(14-4-1)45-48-46(30-15-5-2-6-16-30)50-47(49-45)33-23-24-37-42(27-33)52-43-28-41(34-19-9-10-21-36(34)44(37)43)51-39-22-12-11-20-35(39)38-25-31-17-7-8-18-32(31)26-40(38)51/h1-28H. The molecule has 5 heteroatoms. The Bertz CT molecular complexity index is 3120. The second-order valence-corrected chi connectivity index (χ2v) is 13.2. The Morgan fingerprint density at radius 2 is 0.942 bits per heavy atom. The van der Waals surface area contributed by atoms with Gasteiger partial charge >= 0.3 is 0 Å². The van der Waals surface area contributed by atoms with Crippen molar-refractivity contribution in [2.45, 2.75) is 0 Å². The SMILES string of the molecule is c1ccc(-c2nc(-c3ccccc3)nc(-c3ccc4c(c3)oc3cc(-n5c6ccccc6c6cc7ccccc7cc65)c5ccccc5c34)n2)cc1. The molecule has 242 valence electrons. The smallest absolute Gasteiger partial charge is 0.164 e. The van der Waals surface area contributed by atoms with E-state index >= 15 is 0 Å². The van der Waals surface area contributed by atoms with Crippen molar-refractivity contribution in [3.05, 3.63) is 170 Å². The minimum atomic E-state index is 0.595. The molecule has 0 fully saturated rings. The van der Waals surface area contributed by atoms with E-state index in [0.29, 0.717) is 17.5 Å². The summed E-state index contributed by atoms with van der Waals surface area (Å²) in [6, 6.07) is 59.2. The largest absolute Gasteiger partial charge is 0.456 e. The van der Waals surface area contributed by atoms with Crippen molar-refractivity contribution in [3.63, 3.8) is 0 Å². The zero-order chi connectivity index (χ0) is 34.2. The Hall–Kier alpha value is -7.11. The van der Waals surface area contributed by atoms with Gasteiger partial charge in [0.1, 0.15) is 11.2 Å². The summed E-state index contributed by atoms with van der Waals surface area (Å²) >= 11 is 0. The Kier molecular flexibility index (Phi) is 6.18. The van der Waals surface area contributed by atoms with E-state index in [1.807, 2.05) is 60.7 Å². The molecule has 52 heavy (non-hydrogen) atoms. The van der Waals surface area contributed by atoms with Gasteiger partial charge in [-0.25, -0.2) is 15.0 Å². The fourth-order valence-corrected chi connectivity index (χ4v) is 7.80. The lowest BCUT2D eigenvalue weighted by Crippen LogP contribution is -2.00. The highest BCUT2D eigenvalue weighted by atomic mass is 16.3. The number of rotatable bonds is 4. The second kappa shape index (κ2) is 11.2. The van der Waals surface area contributed by atoms with Gasteiger partial charge in [0.2, 0.25) is 0 Å². The lowest BCUT2D eigenvalue weighted by atomic mass is 10.0. The summed E-state index contributed by atoms with van der Waals surface area (Å²) < 4.78 is 9.20. The van der Waals surface area contributed by atoms with E-state index in [4.69, 9.17) is 19.4 Å². The third-order valence-electron chi connectivity index (χ3n) is 10.2. The van der Waals surface area contributed by atoms with E-state index in [0.717, 1.165) is 60.6 Å². The highest BCUT2D eigenvalue weighted by Gasteiger charge is 2.20. The average Bonchev–Trinajstić information content (AvgIpc) is 3.75. The van der Waals surface area contributed by atoms with Gasteiger partial charge in [0.15, 0.2) is 17.5 Å². The fraction of sp³-hybridized carbons (Fsp3) is 0. The lowest BCUT2D eigenvalue weighted by molar-refractivity contribution is 0.669. The van der Waals surface area contributed by atoms with Crippen LogP contribution in [0.2, 0.25) is 0 Å². The van der Waals surface area contributed by atoms with Gasteiger partial charge in [0.25, 0.3) is 0 Å². The molecule has 0 N–H and O–H groups in total. The molecule has 3 heterocycles. The number of benzene rings is 8. The molecule has 0 atom stereocenters. The summed E-state index contributed by atoms with van der Waals surface area (Å²) in [5, 5.41) is 9.36. The van der Waals surface area contributed by atoms with Gasteiger partial charge in [0.05, 0.1) is 16.7 Å². The van der Waals surface area contributed by atoms with Crippen molar-refractivity contribution >= 4 is 65.3 Å². The van der Waals surface area contributed by atoms with Crippen LogP contribution in [0.15, 0.2) is 174 Å². The maximum absolute atomic E-state index is 6.80. The van der Waals surface area contributed by atoms with Gasteiger partial charge in [-0.05, 0) is 46.5 Å². The summed E-state index contributed by atoms with van der Waals surface area (Å²) in [5.74, 6) is 1.85. The quantitative estimate of drug-likeness (QED) is 0.188. The Morgan fingerprint density at radius 3 is 1.65 bits per heavy atom. The van der Waals surface area contributed by atoms with Crippen LogP contribution in [0.5, 0.6) is 0 Å². The van der Waals surface area contributed by atoms with Crippen molar-refractivity contribution in [1.82, 2.24) is 19.5 Å². The van der Waals surface area contributed by atoms with Crippen molar-refractivity contribution < 1.29 is 4.42 Å². The van der Waals surface area contributed by atoms with Crippen molar-refractivity contribution in [2.75, 3.05) is 0 Å². The van der Waals surface area contributed by atoms with Crippen LogP contribution in [-0.4, -0.2) is 19.5 Å². The normalized spacial score (nSPS) is 11.8. The molecule has 0 unspecified atom stereocenters. The number of aromatic nitrogens is 4. The number of fused-ring (bicyclic) bond motifs is 9. The van der Waals surface area contributed by atoms with Crippen molar-refractivity contribution in [1.29, 1.82) is 0 Å². The van der Waals surface area contributed by atoms with Gasteiger partial charge in [-0.2, -0.15) is 0 Å². The maximum Gasteiger partial charge on any atom is 0.164 e. The molecule has 0 aliphatic carbocycles. The first-order chi connectivity index (χ1) is 25.8. The number of hydrogen-bond donors (Lipinski definition) is 0. The first kappa shape index (κ1) is 28.7. The Morgan fingerprint density at radius 1 is 0.365 bits per heavy atom. The molecule has 5 nitrogen and oxygen atoms in total. The topological polar surface area (TPSA) is 56.7 Å². The number of para-hydroxylation sites is 1. The van der Waals surface area contributed by atoms with E-state index in [1.165, 1.54) is 27.1 Å². The van der Waals surface area contributed by atoms with Gasteiger partial charge < -0.3 is 8.98 Å². The molecule has 0 aliphatic heterocycles. The molecule has 0 radical (unpaired) electrons. The zero-order valence-corrected chi connectivity index (χ0v) is 27.9. The van der Waals surface area contributed by atoms with Crippen molar-refractivity contribution in [3.8, 4) is 39.9 Å². The molecule has 0 amide bonds. The van der Waals surface area contributed by atoms with Crippen LogP contribution in [0.25, 0.3) is 105 Å². The van der Waals surface area contributed by atoms with E-state index in [2.05, 4.69) is 114 Å². The first-order valence-corrected chi connectivity index (χ1v) is 17.4. The minimum Gasteiger partial charge on any atom is -0.456 e. The molecule has 8 aromatic carbocycles. The Balaban J connectivity index is 1.15. The summed E-state index contributed by atoms with van der Waals surface area (Å²) in [7, 11) is 0. The molecule has 3 aromatic heterocycles.